The van der Waals surface area contributed by atoms with Crippen molar-refractivity contribution in [2.75, 3.05) is 19.9 Å². The van der Waals surface area contributed by atoms with Gasteiger partial charge in [-0.2, -0.15) is 0 Å². The van der Waals surface area contributed by atoms with E-state index in [1.807, 2.05) is 13.8 Å². The first-order valence-electron chi connectivity index (χ1n) is 4.64. The van der Waals surface area contributed by atoms with E-state index in [9.17, 15) is 0 Å². The predicted octanol–water partition coefficient (Wildman–Crippen LogP) is 1.85. The molecule has 2 nitrogen and oxygen atoms in total. The molecule has 2 aliphatic heterocycles. The minimum Gasteiger partial charge on any atom is -0.364 e. The van der Waals surface area contributed by atoms with Gasteiger partial charge in [-0.05, 0) is 19.8 Å². The molecule has 0 amide bonds. The van der Waals surface area contributed by atoms with Gasteiger partial charge in [-0.3, -0.25) is 4.90 Å². The van der Waals surface area contributed by atoms with E-state index in [0.29, 0.717) is 5.54 Å². The van der Waals surface area contributed by atoms with Gasteiger partial charge in [-0.15, -0.1) is 0 Å². The lowest BCUT2D eigenvalue weighted by molar-refractivity contribution is 0.142. The fraction of sp³-hybridized carbons (Fsp3) is 1.00. The first-order chi connectivity index (χ1) is 5.31. The monoisotopic (exact) mass is 157 g/mol. The Morgan fingerprint density at radius 3 is 2.73 bits per heavy atom. The van der Waals surface area contributed by atoms with E-state index in [1.165, 1.54) is 19.4 Å². The Bertz CT molecular complexity index is 115. The van der Waals surface area contributed by atoms with Crippen LogP contribution >= 0.6 is 0 Å². The summed E-state index contributed by atoms with van der Waals surface area (Å²) in [4.78, 5) is 2.44. The normalized spacial score (nSPS) is 36.3. The SMILES string of the molecule is CC.CC12CCCN1COC2. The minimum absolute atomic E-state index is 0.417. The molecular formula is C9H19NO. The van der Waals surface area contributed by atoms with Crippen molar-refractivity contribution >= 4 is 0 Å². The first-order valence-corrected chi connectivity index (χ1v) is 4.64. The predicted molar refractivity (Wildman–Crippen MR) is 46.5 cm³/mol. The van der Waals surface area contributed by atoms with Crippen LogP contribution in [0.15, 0.2) is 0 Å². The topological polar surface area (TPSA) is 12.5 Å². The molecule has 0 N–H and O–H groups in total. The lowest BCUT2D eigenvalue weighted by Crippen LogP contribution is -2.36. The Labute approximate surface area is 69.5 Å². The van der Waals surface area contributed by atoms with Crippen molar-refractivity contribution in [2.24, 2.45) is 0 Å². The molecule has 66 valence electrons. The highest BCUT2D eigenvalue weighted by Crippen LogP contribution is 2.32. The van der Waals surface area contributed by atoms with E-state index in [1.54, 1.807) is 0 Å². The van der Waals surface area contributed by atoms with Crippen molar-refractivity contribution in [3.8, 4) is 0 Å². The fourth-order valence-corrected chi connectivity index (χ4v) is 1.84. The molecule has 0 aromatic carbocycles. The Morgan fingerprint density at radius 2 is 2.09 bits per heavy atom. The zero-order valence-electron chi connectivity index (χ0n) is 7.89. The van der Waals surface area contributed by atoms with E-state index >= 15 is 0 Å². The second-order valence-electron chi connectivity index (χ2n) is 3.34. The van der Waals surface area contributed by atoms with Crippen LogP contribution in [0.2, 0.25) is 0 Å². The third-order valence-corrected chi connectivity index (χ3v) is 2.57. The fourth-order valence-electron chi connectivity index (χ4n) is 1.84. The van der Waals surface area contributed by atoms with Gasteiger partial charge in [-0.1, -0.05) is 13.8 Å². The smallest absolute Gasteiger partial charge is 0.0996 e. The lowest BCUT2D eigenvalue weighted by Gasteiger charge is -2.23. The quantitative estimate of drug-likeness (QED) is 0.532. The van der Waals surface area contributed by atoms with Crippen molar-refractivity contribution in [1.82, 2.24) is 4.90 Å². The van der Waals surface area contributed by atoms with Gasteiger partial charge in [0, 0.05) is 12.1 Å². The van der Waals surface area contributed by atoms with Crippen molar-refractivity contribution < 1.29 is 4.74 Å². The van der Waals surface area contributed by atoms with Crippen LogP contribution < -0.4 is 0 Å². The third-order valence-electron chi connectivity index (χ3n) is 2.57. The summed E-state index contributed by atoms with van der Waals surface area (Å²) >= 11 is 0. The van der Waals surface area contributed by atoms with E-state index in [-0.39, 0.29) is 0 Å². The summed E-state index contributed by atoms with van der Waals surface area (Å²) in [5.74, 6) is 0. The van der Waals surface area contributed by atoms with Gasteiger partial charge in [-0.25, -0.2) is 0 Å². The molecule has 2 saturated heterocycles. The highest BCUT2D eigenvalue weighted by atomic mass is 16.5. The van der Waals surface area contributed by atoms with Gasteiger partial charge in [0.25, 0.3) is 0 Å². The molecule has 2 rings (SSSR count). The van der Waals surface area contributed by atoms with Crippen LogP contribution in [0.3, 0.4) is 0 Å². The Kier molecular flexibility index (Phi) is 2.90. The second kappa shape index (κ2) is 3.55. The Balaban J connectivity index is 0.000000281. The molecule has 0 radical (unpaired) electrons. The molecule has 0 bridgehead atoms. The summed E-state index contributed by atoms with van der Waals surface area (Å²) in [6.45, 7) is 9.37. The molecule has 1 unspecified atom stereocenters. The minimum atomic E-state index is 0.417. The molecule has 0 saturated carbocycles. The van der Waals surface area contributed by atoms with E-state index in [2.05, 4.69) is 11.8 Å². The van der Waals surface area contributed by atoms with E-state index < -0.39 is 0 Å². The second-order valence-corrected chi connectivity index (χ2v) is 3.34. The van der Waals surface area contributed by atoms with Gasteiger partial charge in [0.2, 0.25) is 0 Å². The number of rotatable bonds is 0. The summed E-state index contributed by atoms with van der Waals surface area (Å²) in [6, 6.07) is 0. The summed E-state index contributed by atoms with van der Waals surface area (Å²) in [5.41, 5.74) is 0.417. The van der Waals surface area contributed by atoms with Crippen LogP contribution in [-0.2, 0) is 4.74 Å². The molecule has 0 aromatic rings. The molecule has 2 heteroatoms. The number of hydrogen-bond donors (Lipinski definition) is 0. The first kappa shape index (κ1) is 9.01. The maximum atomic E-state index is 5.34. The van der Waals surface area contributed by atoms with Gasteiger partial charge in [0.05, 0.1) is 13.3 Å². The standard InChI is InChI=1S/C7H13NO.C2H6/c1-7-3-2-4-8(7)6-9-5-7;1-2/h2-6H2,1H3;1-2H3. The third kappa shape index (κ3) is 1.57. The summed E-state index contributed by atoms with van der Waals surface area (Å²) in [7, 11) is 0. The average molecular weight is 157 g/mol. The lowest BCUT2D eigenvalue weighted by atomic mass is 10.0. The maximum absolute atomic E-state index is 5.34. The highest BCUT2D eigenvalue weighted by Gasteiger charge is 2.40. The largest absolute Gasteiger partial charge is 0.364 e. The van der Waals surface area contributed by atoms with Gasteiger partial charge < -0.3 is 4.74 Å². The molecule has 0 aromatic heterocycles. The molecular weight excluding hydrogens is 138 g/mol. The van der Waals surface area contributed by atoms with Gasteiger partial charge >= 0.3 is 0 Å². The Hall–Kier alpha value is -0.0800. The molecule has 0 aliphatic carbocycles. The average Bonchev–Trinajstić information content (AvgIpc) is 2.49. The van der Waals surface area contributed by atoms with Crippen LogP contribution in [-0.4, -0.2) is 30.3 Å². The van der Waals surface area contributed by atoms with Crippen LogP contribution in [0.1, 0.15) is 33.6 Å². The molecule has 2 fully saturated rings. The molecule has 2 aliphatic rings. The highest BCUT2D eigenvalue weighted by molar-refractivity contribution is 4.93. The molecule has 0 spiro atoms. The van der Waals surface area contributed by atoms with Gasteiger partial charge in [0.1, 0.15) is 0 Å². The van der Waals surface area contributed by atoms with Gasteiger partial charge in [0.15, 0.2) is 0 Å². The van der Waals surface area contributed by atoms with Crippen molar-refractivity contribution in [3.63, 3.8) is 0 Å². The van der Waals surface area contributed by atoms with Crippen LogP contribution in [0.4, 0.5) is 0 Å². The van der Waals surface area contributed by atoms with Crippen LogP contribution in [0.5, 0.6) is 0 Å². The van der Waals surface area contributed by atoms with E-state index in [4.69, 9.17) is 4.74 Å². The van der Waals surface area contributed by atoms with Crippen LogP contribution in [0, 0.1) is 0 Å². The molecule has 1 atom stereocenters. The number of hydrogen-bond acceptors (Lipinski definition) is 2. The number of fused-ring (bicyclic) bond motifs is 1. The summed E-state index contributed by atoms with van der Waals surface area (Å²) in [5, 5.41) is 0. The summed E-state index contributed by atoms with van der Waals surface area (Å²) < 4.78 is 5.34. The Morgan fingerprint density at radius 1 is 1.36 bits per heavy atom. The van der Waals surface area contributed by atoms with Crippen molar-refractivity contribution in [2.45, 2.75) is 39.2 Å². The molecule has 11 heavy (non-hydrogen) atoms. The zero-order chi connectivity index (χ0) is 8.32. The number of nitrogens with zero attached hydrogens (tertiary/aromatic N) is 1. The van der Waals surface area contributed by atoms with E-state index in [0.717, 1.165) is 13.3 Å². The van der Waals surface area contributed by atoms with Crippen molar-refractivity contribution in [1.29, 1.82) is 0 Å². The maximum Gasteiger partial charge on any atom is 0.0996 e. The zero-order valence-corrected chi connectivity index (χ0v) is 7.89. The molecule has 2 heterocycles. The number of ether oxygens (including phenoxy) is 1. The summed E-state index contributed by atoms with van der Waals surface area (Å²) in [6.07, 6.45) is 2.69. The van der Waals surface area contributed by atoms with Crippen molar-refractivity contribution in [3.05, 3.63) is 0 Å². The van der Waals surface area contributed by atoms with Crippen LogP contribution in [0.25, 0.3) is 0 Å².